The van der Waals surface area contributed by atoms with Crippen LogP contribution in [0.25, 0.3) is 11.1 Å². The summed E-state index contributed by atoms with van der Waals surface area (Å²) in [7, 11) is 0. The molecular formula is C17H18F3N. The van der Waals surface area contributed by atoms with Gasteiger partial charge in [-0.05, 0) is 60.8 Å². The van der Waals surface area contributed by atoms with E-state index in [0.29, 0.717) is 11.1 Å². The summed E-state index contributed by atoms with van der Waals surface area (Å²) >= 11 is 0. The molecule has 2 aromatic carbocycles. The molecule has 0 bridgehead atoms. The smallest absolute Gasteiger partial charge is 0.159 e. The van der Waals surface area contributed by atoms with Crippen molar-refractivity contribution >= 4 is 0 Å². The maximum atomic E-state index is 13.5. The molecule has 0 fully saturated rings. The van der Waals surface area contributed by atoms with Crippen LogP contribution in [0.4, 0.5) is 13.2 Å². The van der Waals surface area contributed by atoms with Crippen molar-refractivity contribution in [1.82, 2.24) is 5.32 Å². The minimum atomic E-state index is -0.933. The fourth-order valence-electron chi connectivity index (χ4n) is 2.29. The highest BCUT2D eigenvalue weighted by Crippen LogP contribution is 2.30. The number of hydrogen-bond donors (Lipinski definition) is 1. The zero-order valence-corrected chi connectivity index (χ0v) is 12.1. The van der Waals surface area contributed by atoms with E-state index in [1.165, 1.54) is 18.2 Å². The van der Waals surface area contributed by atoms with Crippen molar-refractivity contribution in [3.63, 3.8) is 0 Å². The summed E-state index contributed by atoms with van der Waals surface area (Å²) in [4.78, 5) is 0. The predicted octanol–water partition coefficient (Wildman–Crippen LogP) is 4.83. The second-order valence-corrected chi connectivity index (χ2v) is 5.04. The van der Waals surface area contributed by atoms with Gasteiger partial charge in [0.1, 0.15) is 5.82 Å². The van der Waals surface area contributed by atoms with Crippen LogP contribution in [0.2, 0.25) is 0 Å². The molecular weight excluding hydrogens is 275 g/mol. The van der Waals surface area contributed by atoms with E-state index in [2.05, 4.69) is 12.2 Å². The molecule has 0 aliphatic carbocycles. The number of nitrogens with one attached hydrogen (secondary N) is 1. The van der Waals surface area contributed by atoms with Crippen molar-refractivity contribution in [3.05, 3.63) is 59.4 Å². The van der Waals surface area contributed by atoms with Crippen LogP contribution in [0, 0.1) is 17.5 Å². The average molecular weight is 293 g/mol. The SMILES string of the molecule is CCCNC(C)c1ccc(F)cc1-c1ccc(F)c(F)c1. The molecule has 1 nitrogen and oxygen atoms in total. The van der Waals surface area contributed by atoms with Gasteiger partial charge in [0, 0.05) is 6.04 Å². The molecule has 0 radical (unpaired) electrons. The highest BCUT2D eigenvalue weighted by atomic mass is 19.2. The first-order chi connectivity index (χ1) is 10.0. The van der Waals surface area contributed by atoms with Gasteiger partial charge in [-0.15, -0.1) is 0 Å². The average Bonchev–Trinajstić information content (AvgIpc) is 2.47. The van der Waals surface area contributed by atoms with Gasteiger partial charge in [0.2, 0.25) is 0 Å². The van der Waals surface area contributed by atoms with E-state index in [0.717, 1.165) is 30.7 Å². The van der Waals surface area contributed by atoms with Crippen LogP contribution < -0.4 is 5.32 Å². The van der Waals surface area contributed by atoms with Crippen molar-refractivity contribution in [3.8, 4) is 11.1 Å². The first kappa shape index (κ1) is 15.6. The minimum Gasteiger partial charge on any atom is -0.310 e. The molecule has 112 valence electrons. The Balaban J connectivity index is 2.45. The second-order valence-electron chi connectivity index (χ2n) is 5.04. The van der Waals surface area contributed by atoms with Crippen LogP contribution in [0.1, 0.15) is 31.9 Å². The maximum Gasteiger partial charge on any atom is 0.159 e. The van der Waals surface area contributed by atoms with E-state index in [1.54, 1.807) is 6.07 Å². The number of halogens is 3. The van der Waals surface area contributed by atoms with Crippen LogP contribution in [0.5, 0.6) is 0 Å². The van der Waals surface area contributed by atoms with Gasteiger partial charge in [-0.3, -0.25) is 0 Å². The second kappa shape index (κ2) is 6.76. The zero-order valence-electron chi connectivity index (χ0n) is 12.1. The summed E-state index contributed by atoms with van der Waals surface area (Å²) in [5.74, 6) is -2.24. The van der Waals surface area contributed by atoms with Gasteiger partial charge in [-0.25, -0.2) is 13.2 Å². The lowest BCUT2D eigenvalue weighted by molar-refractivity contribution is 0.509. The monoisotopic (exact) mass is 293 g/mol. The van der Waals surface area contributed by atoms with Gasteiger partial charge in [-0.2, -0.15) is 0 Å². The molecule has 1 N–H and O–H groups in total. The minimum absolute atomic E-state index is 0.00587. The summed E-state index contributed by atoms with van der Waals surface area (Å²) in [5, 5.41) is 3.31. The Labute approximate surface area is 122 Å². The van der Waals surface area contributed by atoms with Crippen molar-refractivity contribution in [1.29, 1.82) is 0 Å². The van der Waals surface area contributed by atoms with E-state index in [1.807, 2.05) is 6.92 Å². The Morgan fingerprint density at radius 1 is 1.00 bits per heavy atom. The highest BCUT2D eigenvalue weighted by molar-refractivity contribution is 5.68. The molecule has 1 atom stereocenters. The molecule has 0 aliphatic heterocycles. The Morgan fingerprint density at radius 2 is 1.76 bits per heavy atom. The Bertz CT molecular complexity index is 625. The third kappa shape index (κ3) is 3.64. The highest BCUT2D eigenvalue weighted by Gasteiger charge is 2.14. The topological polar surface area (TPSA) is 12.0 Å². The number of rotatable bonds is 5. The molecule has 4 heteroatoms. The number of hydrogen-bond acceptors (Lipinski definition) is 1. The van der Waals surface area contributed by atoms with Crippen molar-refractivity contribution in [2.75, 3.05) is 6.54 Å². The largest absolute Gasteiger partial charge is 0.310 e. The van der Waals surface area contributed by atoms with Crippen molar-refractivity contribution in [2.45, 2.75) is 26.3 Å². The maximum absolute atomic E-state index is 13.5. The van der Waals surface area contributed by atoms with E-state index in [-0.39, 0.29) is 6.04 Å². The summed E-state index contributed by atoms with van der Waals surface area (Å²) in [5.41, 5.74) is 1.90. The Kier molecular flexibility index (Phi) is 5.02. The third-order valence-corrected chi connectivity index (χ3v) is 3.41. The van der Waals surface area contributed by atoms with Crippen molar-refractivity contribution in [2.24, 2.45) is 0 Å². The van der Waals surface area contributed by atoms with Crippen LogP contribution in [0.15, 0.2) is 36.4 Å². The lowest BCUT2D eigenvalue weighted by Gasteiger charge is -2.18. The lowest BCUT2D eigenvalue weighted by Crippen LogP contribution is -2.20. The fraction of sp³-hybridized carbons (Fsp3) is 0.294. The molecule has 0 amide bonds. The first-order valence-electron chi connectivity index (χ1n) is 7.01. The van der Waals surface area contributed by atoms with Crippen LogP contribution in [-0.4, -0.2) is 6.54 Å². The first-order valence-corrected chi connectivity index (χ1v) is 7.01. The van der Waals surface area contributed by atoms with Gasteiger partial charge >= 0.3 is 0 Å². The molecule has 1 unspecified atom stereocenters. The van der Waals surface area contributed by atoms with Gasteiger partial charge in [0.15, 0.2) is 11.6 Å². The van der Waals surface area contributed by atoms with Crippen LogP contribution in [-0.2, 0) is 0 Å². The quantitative estimate of drug-likeness (QED) is 0.832. The molecule has 2 aromatic rings. The molecule has 0 heterocycles. The molecule has 0 saturated heterocycles. The molecule has 0 spiro atoms. The molecule has 0 saturated carbocycles. The van der Waals surface area contributed by atoms with Gasteiger partial charge in [0.05, 0.1) is 0 Å². The van der Waals surface area contributed by atoms with E-state index in [4.69, 9.17) is 0 Å². The third-order valence-electron chi connectivity index (χ3n) is 3.41. The Morgan fingerprint density at radius 3 is 2.43 bits per heavy atom. The standard InChI is InChI=1S/C17H18F3N/c1-3-8-21-11(2)14-6-5-13(18)10-15(14)12-4-7-16(19)17(20)9-12/h4-7,9-11,21H,3,8H2,1-2H3. The Hall–Kier alpha value is -1.81. The van der Waals surface area contributed by atoms with Crippen molar-refractivity contribution < 1.29 is 13.2 Å². The summed E-state index contributed by atoms with van der Waals surface area (Å²) in [6, 6.07) is 8.02. The normalized spacial score (nSPS) is 12.4. The predicted molar refractivity (Wildman–Crippen MR) is 78.5 cm³/mol. The summed E-state index contributed by atoms with van der Waals surface area (Å²) < 4.78 is 40.0. The summed E-state index contributed by atoms with van der Waals surface area (Å²) in [6.45, 7) is 4.85. The van der Waals surface area contributed by atoms with Gasteiger partial charge in [-0.1, -0.05) is 19.1 Å². The van der Waals surface area contributed by atoms with E-state index < -0.39 is 17.5 Å². The molecule has 0 aliphatic rings. The fourth-order valence-corrected chi connectivity index (χ4v) is 2.29. The van der Waals surface area contributed by atoms with E-state index >= 15 is 0 Å². The zero-order chi connectivity index (χ0) is 15.4. The molecule has 2 rings (SSSR count). The van der Waals surface area contributed by atoms with E-state index in [9.17, 15) is 13.2 Å². The summed E-state index contributed by atoms with van der Waals surface area (Å²) in [6.07, 6.45) is 0.978. The van der Waals surface area contributed by atoms with Gasteiger partial charge < -0.3 is 5.32 Å². The van der Waals surface area contributed by atoms with Gasteiger partial charge in [0.25, 0.3) is 0 Å². The number of benzene rings is 2. The molecule has 0 aromatic heterocycles. The van der Waals surface area contributed by atoms with Crippen LogP contribution >= 0.6 is 0 Å². The van der Waals surface area contributed by atoms with Crippen LogP contribution in [0.3, 0.4) is 0 Å². The molecule has 21 heavy (non-hydrogen) atoms. The lowest BCUT2D eigenvalue weighted by atomic mass is 9.95.